The Labute approximate surface area is 127 Å². The van der Waals surface area contributed by atoms with Crippen LogP contribution in [0.4, 0.5) is 0 Å². The fraction of sp³-hybridized carbons (Fsp3) is 0.625. The Balaban J connectivity index is 1.68. The maximum Gasteiger partial charge on any atom is 0.108 e. The van der Waals surface area contributed by atoms with Crippen LogP contribution in [0.2, 0.25) is 0 Å². The first-order valence-electron chi connectivity index (χ1n) is 7.47. The molecule has 0 aromatic heterocycles. The Morgan fingerprint density at radius 2 is 1.85 bits per heavy atom. The van der Waals surface area contributed by atoms with Crippen molar-refractivity contribution < 1.29 is 4.74 Å². The SMILES string of the molecule is CC(OCc1ccccc1)N1CCN(CCCCl)CC1. The van der Waals surface area contributed by atoms with E-state index < -0.39 is 0 Å². The van der Waals surface area contributed by atoms with Crippen LogP contribution in [0.15, 0.2) is 30.3 Å². The van der Waals surface area contributed by atoms with Gasteiger partial charge in [0.2, 0.25) is 0 Å². The molecule has 1 aliphatic heterocycles. The largest absolute Gasteiger partial charge is 0.359 e. The van der Waals surface area contributed by atoms with Gasteiger partial charge in [0.15, 0.2) is 0 Å². The van der Waals surface area contributed by atoms with Gasteiger partial charge < -0.3 is 9.64 Å². The maximum atomic E-state index is 5.97. The number of alkyl halides is 1. The first-order valence-corrected chi connectivity index (χ1v) is 8.01. The van der Waals surface area contributed by atoms with Gasteiger partial charge in [-0.05, 0) is 25.5 Å². The molecule has 1 unspecified atom stereocenters. The lowest BCUT2D eigenvalue weighted by molar-refractivity contribution is -0.0729. The maximum absolute atomic E-state index is 5.97. The molecule has 1 fully saturated rings. The Kier molecular flexibility index (Phi) is 6.80. The van der Waals surface area contributed by atoms with Crippen molar-refractivity contribution in [3.8, 4) is 0 Å². The van der Waals surface area contributed by atoms with Gasteiger partial charge in [-0.1, -0.05) is 30.3 Å². The Hall–Kier alpha value is -0.610. The van der Waals surface area contributed by atoms with Crippen LogP contribution in [0.1, 0.15) is 18.9 Å². The zero-order valence-corrected chi connectivity index (χ0v) is 13.1. The van der Waals surface area contributed by atoms with Crippen molar-refractivity contribution >= 4 is 11.6 Å². The summed E-state index contributed by atoms with van der Waals surface area (Å²) in [6, 6.07) is 10.4. The second-order valence-electron chi connectivity index (χ2n) is 5.32. The van der Waals surface area contributed by atoms with Crippen LogP contribution in [0, 0.1) is 0 Å². The summed E-state index contributed by atoms with van der Waals surface area (Å²) in [4.78, 5) is 4.91. The third-order valence-corrected chi connectivity index (χ3v) is 4.13. The zero-order valence-electron chi connectivity index (χ0n) is 12.3. The minimum absolute atomic E-state index is 0.186. The minimum Gasteiger partial charge on any atom is -0.359 e. The molecule has 0 radical (unpaired) electrons. The molecule has 1 atom stereocenters. The first-order chi connectivity index (χ1) is 9.79. The van der Waals surface area contributed by atoms with Crippen LogP contribution >= 0.6 is 11.6 Å². The molecule has 20 heavy (non-hydrogen) atoms. The molecule has 1 saturated heterocycles. The van der Waals surface area contributed by atoms with Crippen LogP contribution in [-0.4, -0.2) is 54.6 Å². The number of benzene rings is 1. The summed E-state index contributed by atoms with van der Waals surface area (Å²) in [6.45, 7) is 8.37. The lowest BCUT2D eigenvalue weighted by Gasteiger charge is -2.37. The molecule has 0 amide bonds. The average Bonchev–Trinajstić information content (AvgIpc) is 2.52. The van der Waals surface area contributed by atoms with Crippen LogP contribution in [0.3, 0.4) is 0 Å². The van der Waals surface area contributed by atoms with Gasteiger partial charge in [-0.15, -0.1) is 11.6 Å². The molecule has 3 nitrogen and oxygen atoms in total. The van der Waals surface area contributed by atoms with Gasteiger partial charge in [0.25, 0.3) is 0 Å². The van der Waals surface area contributed by atoms with E-state index in [4.69, 9.17) is 16.3 Å². The number of rotatable bonds is 7. The molecule has 0 bridgehead atoms. The Bertz CT molecular complexity index is 366. The van der Waals surface area contributed by atoms with E-state index >= 15 is 0 Å². The summed E-state index contributed by atoms with van der Waals surface area (Å²) >= 11 is 5.74. The highest BCUT2D eigenvalue weighted by Crippen LogP contribution is 2.10. The van der Waals surface area contributed by atoms with Gasteiger partial charge in [-0.25, -0.2) is 0 Å². The molecule has 1 aromatic rings. The molecule has 4 heteroatoms. The predicted molar refractivity (Wildman–Crippen MR) is 84.0 cm³/mol. The summed E-state index contributed by atoms with van der Waals surface area (Å²) in [5.74, 6) is 0.761. The predicted octanol–water partition coefficient (Wildman–Crippen LogP) is 2.80. The third-order valence-electron chi connectivity index (χ3n) is 3.86. The van der Waals surface area contributed by atoms with Crippen LogP contribution in [-0.2, 0) is 11.3 Å². The van der Waals surface area contributed by atoms with Crippen molar-refractivity contribution in [2.75, 3.05) is 38.6 Å². The van der Waals surface area contributed by atoms with Gasteiger partial charge in [0.05, 0.1) is 6.61 Å². The van der Waals surface area contributed by atoms with Crippen LogP contribution in [0.5, 0.6) is 0 Å². The topological polar surface area (TPSA) is 15.7 Å². The van der Waals surface area contributed by atoms with E-state index in [1.54, 1.807) is 0 Å². The normalized spacial score (nSPS) is 19.1. The quantitative estimate of drug-likeness (QED) is 0.720. The van der Waals surface area contributed by atoms with Crippen molar-refractivity contribution in [2.45, 2.75) is 26.2 Å². The van der Waals surface area contributed by atoms with Gasteiger partial charge >= 0.3 is 0 Å². The molecule has 0 spiro atoms. The van der Waals surface area contributed by atoms with Crippen LogP contribution in [0.25, 0.3) is 0 Å². The second kappa shape index (κ2) is 8.63. The van der Waals surface area contributed by atoms with Gasteiger partial charge in [-0.3, -0.25) is 4.90 Å². The Morgan fingerprint density at radius 1 is 1.15 bits per heavy atom. The highest BCUT2D eigenvalue weighted by Gasteiger charge is 2.20. The van der Waals surface area contributed by atoms with Crippen molar-refractivity contribution in [3.63, 3.8) is 0 Å². The van der Waals surface area contributed by atoms with E-state index in [1.165, 1.54) is 5.56 Å². The smallest absolute Gasteiger partial charge is 0.108 e. The number of halogens is 1. The molecule has 0 N–H and O–H groups in total. The molecule has 2 rings (SSSR count). The Morgan fingerprint density at radius 3 is 2.50 bits per heavy atom. The van der Waals surface area contributed by atoms with Crippen molar-refractivity contribution in [2.24, 2.45) is 0 Å². The number of hydrogen-bond acceptors (Lipinski definition) is 3. The van der Waals surface area contributed by atoms with Crippen molar-refractivity contribution in [3.05, 3.63) is 35.9 Å². The summed E-state index contributed by atoms with van der Waals surface area (Å²) in [5, 5.41) is 0. The molecule has 112 valence electrons. The molecule has 1 aromatic carbocycles. The van der Waals surface area contributed by atoms with Crippen molar-refractivity contribution in [1.29, 1.82) is 0 Å². The van der Waals surface area contributed by atoms with Gasteiger partial charge in [0, 0.05) is 32.1 Å². The summed E-state index contributed by atoms with van der Waals surface area (Å²) in [6.07, 6.45) is 1.27. The average molecular weight is 297 g/mol. The number of hydrogen-bond donors (Lipinski definition) is 0. The van der Waals surface area contributed by atoms with E-state index in [0.29, 0.717) is 6.61 Å². The standard InChI is InChI=1S/C16H25ClN2O/c1-15(20-14-16-6-3-2-4-7-16)19-12-10-18(11-13-19)9-5-8-17/h2-4,6-7,15H,5,8-14H2,1H3. The fourth-order valence-electron chi connectivity index (χ4n) is 2.53. The molecular formula is C16H25ClN2O. The first kappa shape index (κ1) is 15.8. The molecule has 0 aliphatic carbocycles. The molecule has 0 saturated carbocycles. The van der Waals surface area contributed by atoms with Gasteiger partial charge in [-0.2, -0.15) is 0 Å². The summed E-state index contributed by atoms with van der Waals surface area (Å²) < 4.78 is 5.97. The number of piperazine rings is 1. The second-order valence-corrected chi connectivity index (χ2v) is 5.69. The minimum atomic E-state index is 0.186. The van der Waals surface area contributed by atoms with E-state index in [9.17, 15) is 0 Å². The van der Waals surface area contributed by atoms with Crippen LogP contribution < -0.4 is 0 Å². The highest BCUT2D eigenvalue weighted by atomic mass is 35.5. The zero-order chi connectivity index (χ0) is 14.2. The van der Waals surface area contributed by atoms with E-state index in [0.717, 1.165) is 45.0 Å². The summed E-state index contributed by atoms with van der Waals surface area (Å²) in [7, 11) is 0. The monoisotopic (exact) mass is 296 g/mol. The lowest BCUT2D eigenvalue weighted by atomic mass is 10.2. The highest BCUT2D eigenvalue weighted by molar-refractivity contribution is 6.17. The van der Waals surface area contributed by atoms with E-state index in [-0.39, 0.29) is 6.23 Å². The summed E-state index contributed by atoms with van der Waals surface area (Å²) in [5.41, 5.74) is 1.24. The molecule has 1 aliphatic rings. The van der Waals surface area contributed by atoms with Crippen molar-refractivity contribution in [1.82, 2.24) is 9.80 Å². The molecular weight excluding hydrogens is 272 g/mol. The number of ether oxygens (including phenoxy) is 1. The van der Waals surface area contributed by atoms with Gasteiger partial charge in [0.1, 0.15) is 6.23 Å². The fourth-order valence-corrected chi connectivity index (χ4v) is 2.65. The number of nitrogens with zero attached hydrogens (tertiary/aromatic N) is 2. The lowest BCUT2D eigenvalue weighted by Crippen LogP contribution is -2.50. The molecule has 1 heterocycles. The van der Waals surface area contributed by atoms with E-state index in [2.05, 4.69) is 41.0 Å². The van der Waals surface area contributed by atoms with E-state index in [1.807, 2.05) is 6.07 Å². The third kappa shape index (κ3) is 5.06.